The van der Waals surface area contributed by atoms with E-state index >= 15 is 0 Å². The second-order valence-corrected chi connectivity index (χ2v) is 8.28. The summed E-state index contributed by atoms with van der Waals surface area (Å²) in [6.45, 7) is 2.06. The van der Waals surface area contributed by atoms with Gasteiger partial charge in [-0.05, 0) is 28.7 Å². The molecule has 4 aromatic carbocycles. The van der Waals surface area contributed by atoms with E-state index in [1.54, 1.807) is 0 Å². The Labute approximate surface area is 189 Å². The van der Waals surface area contributed by atoms with E-state index in [-0.39, 0.29) is 5.78 Å². The van der Waals surface area contributed by atoms with Crippen LogP contribution in [0.2, 0.25) is 0 Å². The van der Waals surface area contributed by atoms with Gasteiger partial charge < -0.3 is 0 Å². The van der Waals surface area contributed by atoms with Gasteiger partial charge in [0.05, 0.1) is 5.41 Å². The van der Waals surface area contributed by atoms with Crippen LogP contribution in [0.25, 0.3) is 0 Å². The maximum absolute atomic E-state index is 14.8. The number of Topliss-reactive ketones (excluding diaryl/α,β-unsaturated/α-hetero) is 1. The van der Waals surface area contributed by atoms with Crippen molar-refractivity contribution in [2.75, 3.05) is 0 Å². The van der Waals surface area contributed by atoms with Crippen molar-refractivity contribution < 1.29 is 4.79 Å². The first-order chi connectivity index (χ1) is 15.1. The third kappa shape index (κ3) is 3.60. The molecule has 0 aliphatic rings. The minimum Gasteiger partial charge on any atom is -0.296 e. The van der Waals surface area contributed by atoms with Gasteiger partial charge >= 0.3 is 0 Å². The van der Waals surface area contributed by atoms with E-state index in [9.17, 15) is 4.79 Å². The number of carbonyl (C=O) groups is 1. The van der Waals surface area contributed by atoms with E-state index in [1.165, 1.54) is 0 Å². The highest BCUT2D eigenvalue weighted by atomic mass is 35.5. The molecule has 1 nitrogen and oxygen atoms in total. The predicted molar refractivity (Wildman–Crippen MR) is 128 cm³/mol. The molecular weight excluding hydrogens is 400 g/mol. The second-order valence-electron chi connectivity index (χ2n) is 7.71. The highest BCUT2D eigenvalue weighted by Crippen LogP contribution is 2.48. The Morgan fingerprint density at radius 1 is 0.581 bits per heavy atom. The van der Waals surface area contributed by atoms with Crippen molar-refractivity contribution in [3.8, 4) is 0 Å². The molecule has 2 heteroatoms. The van der Waals surface area contributed by atoms with E-state index < -0.39 is 10.3 Å². The Hall–Kier alpha value is -3.16. The van der Waals surface area contributed by atoms with E-state index in [4.69, 9.17) is 11.6 Å². The first kappa shape index (κ1) is 21.1. The summed E-state index contributed by atoms with van der Waals surface area (Å²) in [6, 6.07) is 39.4. The SMILES string of the molecule is CCC(C(=O)C(Cl)(c1ccccc1)c1ccccc1)(c1ccccc1)c1ccccc1. The van der Waals surface area contributed by atoms with Gasteiger partial charge in [0, 0.05) is 0 Å². The summed E-state index contributed by atoms with van der Waals surface area (Å²) in [5, 5.41) is 0. The Kier molecular flexibility index (Phi) is 6.06. The molecule has 0 fully saturated rings. The van der Waals surface area contributed by atoms with Crippen LogP contribution in [0.1, 0.15) is 35.6 Å². The lowest BCUT2D eigenvalue weighted by atomic mass is 9.64. The summed E-state index contributed by atoms with van der Waals surface area (Å²) in [7, 11) is 0. The lowest BCUT2D eigenvalue weighted by Crippen LogP contribution is -2.47. The quantitative estimate of drug-likeness (QED) is 0.288. The zero-order valence-electron chi connectivity index (χ0n) is 17.5. The summed E-state index contributed by atoms with van der Waals surface area (Å²) in [6.07, 6.45) is 0.591. The summed E-state index contributed by atoms with van der Waals surface area (Å²) in [4.78, 5) is 13.5. The minimum atomic E-state index is -1.33. The first-order valence-corrected chi connectivity index (χ1v) is 11.0. The standard InChI is InChI=1S/C29H25ClO/c1-2-28(23-15-7-3-8-16-23,24-17-9-4-10-18-24)27(31)29(30,25-19-11-5-12-20-25)26-21-13-6-14-22-26/h3-22H,2H2,1H3. The van der Waals surface area contributed by atoms with E-state index in [2.05, 4.69) is 6.92 Å². The van der Waals surface area contributed by atoms with E-state index in [1.807, 2.05) is 121 Å². The van der Waals surface area contributed by atoms with Crippen molar-refractivity contribution in [3.05, 3.63) is 144 Å². The van der Waals surface area contributed by atoms with Crippen molar-refractivity contribution in [2.24, 2.45) is 0 Å². The molecule has 0 aromatic heterocycles. The fourth-order valence-electron chi connectivity index (χ4n) is 4.50. The van der Waals surface area contributed by atoms with Crippen molar-refractivity contribution >= 4 is 17.4 Å². The molecule has 0 amide bonds. The number of benzene rings is 4. The smallest absolute Gasteiger partial charge is 0.177 e. The molecule has 0 radical (unpaired) electrons. The van der Waals surface area contributed by atoms with Crippen molar-refractivity contribution in [2.45, 2.75) is 23.6 Å². The summed E-state index contributed by atoms with van der Waals surface area (Å²) in [5.74, 6) is -0.0426. The topological polar surface area (TPSA) is 17.1 Å². The lowest BCUT2D eigenvalue weighted by Gasteiger charge is -2.40. The average molecular weight is 425 g/mol. The summed E-state index contributed by atoms with van der Waals surface area (Å²) in [5.41, 5.74) is 2.56. The number of alkyl halides is 1. The molecule has 0 atom stereocenters. The van der Waals surface area contributed by atoms with Crippen LogP contribution in [0.4, 0.5) is 0 Å². The fourth-order valence-corrected chi connectivity index (χ4v) is 4.91. The Balaban J connectivity index is 2.03. The molecule has 0 saturated heterocycles. The molecule has 0 unspecified atom stereocenters. The van der Waals surface area contributed by atoms with Crippen LogP contribution in [0.5, 0.6) is 0 Å². The molecule has 0 aliphatic carbocycles. The number of ketones is 1. The Bertz CT molecular complexity index is 1040. The fraction of sp³-hybridized carbons (Fsp3) is 0.138. The molecule has 0 bridgehead atoms. The number of hydrogen-bond acceptors (Lipinski definition) is 1. The Morgan fingerprint density at radius 2 is 0.871 bits per heavy atom. The number of rotatable bonds is 7. The Morgan fingerprint density at radius 3 is 1.16 bits per heavy atom. The maximum atomic E-state index is 14.8. The van der Waals surface area contributed by atoms with E-state index in [0.717, 1.165) is 22.3 Å². The molecule has 0 aliphatic heterocycles. The highest BCUT2D eigenvalue weighted by Gasteiger charge is 2.52. The molecule has 154 valence electrons. The molecule has 0 spiro atoms. The van der Waals surface area contributed by atoms with Crippen LogP contribution in [0.3, 0.4) is 0 Å². The second kappa shape index (κ2) is 8.91. The van der Waals surface area contributed by atoms with Gasteiger partial charge in [-0.2, -0.15) is 0 Å². The van der Waals surface area contributed by atoms with Crippen molar-refractivity contribution in [1.29, 1.82) is 0 Å². The van der Waals surface area contributed by atoms with Crippen LogP contribution < -0.4 is 0 Å². The van der Waals surface area contributed by atoms with Gasteiger partial charge in [-0.3, -0.25) is 4.79 Å². The first-order valence-electron chi connectivity index (χ1n) is 10.6. The normalized spacial score (nSPS) is 11.8. The number of carbonyl (C=O) groups excluding carboxylic acids is 1. The molecule has 0 saturated carbocycles. The maximum Gasteiger partial charge on any atom is 0.177 e. The third-order valence-corrected chi connectivity index (χ3v) is 6.72. The summed E-state index contributed by atoms with van der Waals surface area (Å²) >= 11 is 7.45. The van der Waals surface area contributed by atoms with Crippen LogP contribution in [0, 0.1) is 0 Å². The zero-order chi connectivity index (χ0) is 21.7. The van der Waals surface area contributed by atoms with Crippen molar-refractivity contribution in [1.82, 2.24) is 0 Å². The van der Waals surface area contributed by atoms with Gasteiger partial charge in [0.15, 0.2) is 10.7 Å². The third-order valence-electron chi connectivity index (χ3n) is 6.11. The molecule has 0 N–H and O–H groups in total. The van der Waals surface area contributed by atoms with Gasteiger partial charge in [0.25, 0.3) is 0 Å². The lowest BCUT2D eigenvalue weighted by molar-refractivity contribution is -0.125. The molecular formula is C29H25ClO. The minimum absolute atomic E-state index is 0.0426. The van der Waals surface area contributed by atoms with Crippen LogP contribution in [0.15, 0.2) is 121 Å². The van der Waals surface area contributed by atoms with Gasteiger partial charge in [0.2, 0.25) is 0 Å². The average Bonchev–Trinajstić information content (AvgIpc) is 2.86. The monoisotopic (exact) mass is 424 g/mol. The largest absolute Gasteiger partial charge is 0.296 e. The van der Waals surface area contributed by atoms with Crippen molar-refractivity contribution in [3.63, 3.8) is 0 Å². The molecule has 0 heterocycles. The van der Waals surface area contributed by atoms with Gasteiger partial charge in [-0.25, -0.2) is 0 Å². The van der Waals surface area contributed by atoms with Gasteiger partial charge in [0.1, 0.15) is 0 Å². The van der Waals surface area contributed by atoms with Crippen LogP contribution in [-0.4, -0.2) is 5.78 Å². The highest BCUT2D eigenvalue weighted by molar-refractivity contribution is 6.39. The van der Waals surface area contributed by atoms with E-state index in [0.29, 0.717) is 6.42 Å². The van der Waals surface area contributed by atoms with Gasteiger partial charge in [-0.1, -0.05) is 128 Å². The number of hydrogen-bond donors (Lipinski definition) is 0. The molecule has 4 aromatic rings. The summed E-state index contributed by atoms with van der Waals surface area (Å²) < 4.78 is 0. The molecule has 4 rings (SSSR count). The van der Waals surface area contributed by atoms with Crippen LogP contribution >= 0.6 is 11.6 Å². The predicted octanol–water partition coefficient (Wildman–Crippen LogP) is 7.13. The van der Waals surface area contributed by atoms with Gasteiger partial charge in [-0.15, -0.1) is 11.6 Å². The number of halogens is 1. The van der Waals surface area contributed by atoms with Crippen LogP contribution in [-0.2, 0) is 15.1 Å². The molecule has 31 heavy (non-hydrogen) atoms. The zero-order valence-corrected chi connectivity index (χ0v) is 18.3.